The zero-order valence-corrected chi connectivity index (χ0v) is 9.86. The van der Waals surface area contributed by atoms with E-state index in [1.165, 1.54) is 23.6 Å². The normalized spacial score (nSPS) is 20.4. The van der Waals surface area contributed by atoms with Gasteiger partial charge in [0.05, 0.1) is 0 Å². The number of nitrogens with one attached hydrogen (secondary N) is 1. The first kappa shape index (κ1) is 10.6. The molecule has 0 aliphatic carbocycles. The summed E-state index contributed by atoms with van der Waals surface area (Å²) < 4.78 is 6.06. The number of rotatable bonds is 2. The zero-order valence-electron chi connectivity index (χ0n) is 9.86. The zero-order chi connectivity index (χ0) is 11.5. The van der Waals surface area contributed by atoms with Crippen LogP contribution >= 0.6 is 0 Å². The van der Waals surface area contributed by atoms with Crippen LogP contribution in [0, 0.1) is 0 Å². The molecule has 0 spiro atoms. The lowest BCUT2D eigenvalue weighted by atomic mass is 10.1. The summed E-state index contributed by atoms with van der Waals surface area (Å²) in [6, 6.07) is 14.6. The van der Waals surface area contributed by atoms with Crippen LogP contribution in [-0.2, 0) is 0 Å². The number of fused-ring (bicyclic) bond motifs is 1. The van der Waals surface area contributed by atoms with Crippen LogP contribution < -0.4 is 10.1 Å². The molecule has 0 bridgehead atoms. The average Bonchev–Trinajstić information content (AvgIpc) is 2.40. The maximum Gasteiger partial charge on any atom is 0.150 e. The predicted octanol–water partition coefficient (Wildman–Crippen LogP) is 3.32. The maximum absolute atomic E-state index is 6.06. The van der Waals surface area contributed by atoms with E-state index < -0.39 is 0 Å². The van der Waals surface area contributed by atoms with Gasteiger partial charge in [-0.1, -0.05) is 36.4 Å². The van der Waals surface area contributed by atoms with Crippen molar-refractivity contribution in [2.24, 2.45) is 0 Å². The van der Waals surface area contributed by atoms with Gasteiger partial charge in [0.15, 0.2) is 0 Å². The van der Waals surface area contributed by atoms with Crippen molar-refractivity contribution >= 4 is 10.8 Å². The third-order valence-corrected chi connectivity index (χ3v) is 3.28. The molecule has 1 heterocycles. The van der Waals surface area contributed by atoms with Gasteiger partial charge >= 0.3 is 0 Å². The van der Waals surface area contributed by atoms with Crippen LogP contribution in [-0.4, -0.2) is 12.8 Å². The van der Waals surface area contributed by atoms with Gasteiger partial charge < -0.3 is 4.74 Å². The van der Waals surface area contributed by atoms with E-state index in [-0.39, 0.29) is 6.23 Å². The lowest BCUT2D eigenvalue weighted by Crippen LogP contribution is -2.38. The first-order valence-electron chi connectivity index (χ1n) is 6.31. The van der Waals surface area contributed by atoms with Gasteiger partial charge in [0.25, 0.3) is 0 Å². The number of piperidine rings is 1. The van der Waals surface area contributed by atoms with Crippen LogP contribution in [0.2, 0.25) is 0 Å². The highest BCUT2D eigenvalue weighted by Gasteiger charge is 2.14. The summed E-state index contributed by atoms with van der Waals surface area (Å²) in [6.45, 7) is 1.06. The summed E-state index contributed by atoms with van der Waals surface area (Å²) in [5.74, 6) is 0.988. The van der Waals surface area contributed by atoms with E-state index in [9.17, 15) is 0 Å². The highest BCUT2D eigenvalue weighted by atomic mass is 16.5. The first-order valence-corrected chi connectivity index (χ1v) is 6.31. The number of hydrogen-bond acceptors (Lipinski definition) is 2. The topological polar surface area (TPSA) is 21.3 Å². The van der Waals surface area contributed by atoms with Crippen molar-refractivity contribution in [3.63, 3.8) is 0 Å². The van der Waals surface area contributed by atoms with Crippen molar-refractivity contribution in [3.05, 3.63) is 42.5 Å². The lowest BCUT2D eigenvalue weighted by Gasteiger charge is -2.25. The maximum atomic E-state index is 6.06. The first-order chi connectivity index (χ1) is 8.43. The Bertz CT molecular complexity index is 498. The second-order valence-electron chi connectivity index (χ2n) is 4.53. The molecule has 2 nitrogen and oxygen atoms in total. The molecule has 3 rings (SSSR count). The molecule has 0 radical (unpaired) electrons. The van der Waals surface area contributed by atoms with Crippen LogP contribution in [0.25, 0.3) is 10.8 Å². The van der Waals surface area contributed by atoms with E-state index in [1.54, 1.807) is 0 Å². The van der Waals surface area contributed by atoms with E-state index in [4.69, 9.17) is 4.74 Å². The Balaban J connectivity index is 1.89. The van der Waals surface area contributed by atoms with E-state index in [0.717, 1.165) is 18.7 Å². The fraction of sp³-hybridized carbons (Fsp3) is 0.333. The summed E-state index contributed by atoms with van der Waals surface area (Å²) in [5, 5.41) is 5.84. The summed E-state index contributed by atoms with van der Waals surface area (Å²) in [7, 11) is 0. The second-order valence-corrected chi connectivity index (χ2v) is 4.53. The molecule has 1 fully saturated rings. The SMILES string of the molecule is c1ccc2c(OC3CCCCN3)cccc2c1. The molecule has 1 N–H and O–H groups in total. The van der Waals surface area contributed by atoms with Gasteiger partial charge in [0, 0.05) is 5.39 Å². The van der Waals surface area contributed by atoms with Crippen LogP contribution in [0.4, 0.5) is 0 Å². The predicted molar refractivity (Wildman–Crippen MR) is 70.2 cm³/mol. The van der Waals surface area contributed by atoms with Crippen molar-refractivity contribution in [2.45, 2.75) is 25.5 Å². The van der Waals surface area contributed by atoms with Gasteiger partial charge in [0.2, 0.25) is 0 Å². The Kier molecular flexibility index (Phi) is 2.97. The third-order valence-electron chi connectivity index (χ3n) is 3.28. The largest absolute Gasteiger partial charge is 0.475 e. The minimum atomic E-state index is 0.176. The molecule has 2 aromatic rings. The van der Waals surface area contributed by atoms with E-state index >= 15 is 0 Å². The minimum Gasteiger partial charge on any atom is -0.475 e. The van der Waals surface area contributed by atoms with Crippen LogP contribution in [0.1, 0.15) is 19.3 Å². The van der Waals surface area contributed by atoms with Crippen LogP contribution in [0.3, 0.4) is 0 Å². The molecule has 17 heavy (non-hydrogen) atoms. The second kappa shape index (κ2) is 4.76. The molecule has 88 valence electrons. The molecule has 1 atom stereocenters. The van der Waals surface area contributed by atoms with E-state index in [2.05, 4.69) is 47.8 Å². The molecule has 1 saturated heterocycles. The van der Waals surface area contributed by atoms with Crippen molar-refractivity contribution < 1.29 is 4.74 Å². The Morgan fingerprint density at radius 2 is 1.88 bits per heavy atom. The van der Waals surface area contributed by atoms with Crippen molar-refractivity contribution in [2.75, 3.05) is 6.54 Å². The Hall–Kier alpha value is -1.54. The van der Waals surface area contributed by atoms with Gasteiger partial charge in [-0.3, -0.25) is 5.32 Å². The molecule has 1 aliphatic rings. The average molecular weight is 227 g/mol. The van der Waals surface area contributed by atoms with E-state index in [0.29, 0.717) is 0 Å². The van der Waals surface area contributed by atoms with E-state index in [1.807, 2.05) is 0 Å². The molecule has 1 unspecified atom stereocenters. The number of ether oxygens (including phenoxy) is 1. The Morgan fingerprint density at radius 1 is 1.00 bits per heavy atom. The molecule has 0 saturated carbocycles. The molecule has 0 aromatic heterocycles. The van der Waals surface area contributed by atoms with Crippen molar-refractivity contribution in [1.82, 2.24) is 5.32 Å². The molecular formula is C15H17NO. The van der Waals surface area contributed by atoms with Gasteiger partial charge in [-0.2, -0.15) is 0 Å². The van der Waals surface area contributed by atoms with Crippen molar-refractivity contribution in [1.29, 1.82) is 0 Å². The number of hydrogen-bond donors (Lipinski definition) is 1. The van der Waals surface area contributed by atoms with Gasteiger partial charge in [-0.05, 0) is 37.3 Å². The summed E-state index contributed by atoms with van der Waals surface area (Å²) in [5.41, 5.74) is 0. The summed E-state index contributed by atoms with van der Waals surface area (Å²) in [6.07, 6.45) is 3.79. The molecule has 2 aromatic carbocycles. The highest BCUT2D eigenvalue weighted by Crippen LogP contribution is 2.26. The smallest absolute Gasteiger partial charge is 0.150 e. The minimum absolute atomic E-state index is 0.176. The summed E-state index contributed by atoms with van der Waals surface area (Å²) in [4.78, 5) is 0. The van der Waals surface area contributed by atoms with Gasteiger partial charge in [-0.15, -0.1) is 0 Å². The fourth-order valence-corrected chi connectivity index (χ4v) is 2.37. The molecule has 2 heteroatoms. The molecular weight excluding hydrogens is 210 g/mol. The fourth-order valence-electron chi connectivity index (χ4n) is 2.37. The Labute approximate surface area is 102 Å². The monoisotopic (exact) mass is 227 g/mol. The molecule has 1 aliphatic heterocycles. The number of benzene rings is 2. The van der Waals surface area contributed by atoms with Crippen LogP contribution in [0.15, 0.2) is 42.5 Å². The third kappa shape index (κ3) is 2.27. The summed E-state index contributed by atoms with van der Waals surface area (Å²) >= 11 is 0. The van der Waals surface area contributed by atoms with Crippen molar-refractivity contribution in [3.8, 4) is 5.75 Å². The van der Waals surface area contributed by atoms with Crippen LogP contribution in [0.5, 0.6) is 5.75 Å². The quantitative estimate of drug-likeness (QED) is 0.849. The molecule has 0 amide bonds. The standard InChI is InChI=1S/C15H17NO/c1-2-8-13-12(6-1)7-5-9-14(13)17-15-10-3-4-11-16-15/h1-2,5-9,15-16H,3-4,10-11H2. The Morgan fingerprint density at radius 3 is 2.76 bits per heavy atom. The van der Waals surface area contributed by atoms with Gasteiger partial charge in [0.1, 0.15) is 12.0 Å². The lowest BCUT2D eigenvalue weighted by molar-refractivity contribution is 0.134. The van der Waals surface area contributed by atoms with Gasteiger partial charge in [-0.25, -0.2) is 0 Å². The highest BCUT2D eigenvalue weighted by molar-refractivity contribution is 5.88.